The monoisotopic (exact) mass is 314 g/mol. The molecule has 22 heavy (non-hydrogen) atoms. The zero-order chi connectivity index (χ0) is 15.5. The number of hydrogen-bond donors (Lipinski definition) is 3. The third-order valence-electron chi connectivity index (χ3n) is 4.58. The third-order valence-corrected chi connectivity index (χ3v) is 4.80. The molecule has 1 saturated carbocycles. The van der Waals surface area contributed by atoms with Crippen molar-refractivity contribution < 1.29 is 5.11 Å². The van der Waals surface area contributed by atoms with E-state index < -0.39 is 0 Å². The van der Waals surface area contributed by atoms with Crippen LogP contribution in [0.3, 0.4) is 0 Å². The van der Waals surface area contributed by atoms with Crippen molar-refractivity contribution in [1.29, 1.82) is 0 Å². The van der Waals surface area contributed by atoms with E-state index in [0.29, 0.717) is 22.8 Å². The number of phenolic OH excluding ortho intramolecular Hbond substituents is 1. The Hall–Kier alpha value is -1.81. The van der Waals surface area contributed by atoms with Crippen molar-refractivity contribution in [3.05, 3.63) is 36.4 Å². The summed E-state index contributed by atoms with van der Waals surface area (Å²) in [6.45, 7) is 2.29. The Kier molecular flexibility index (Phi) is 4.48. The predicted molar refractivity (Wildman–Crippen MR) is 96.4 cm³/mol. The first-order valence-electron chi connectivity index (χ1n) is 7.93. The van der Waals surface area contributed by atoms with Gasteiger partial charge in [0.1, 0.15) is 5.75 Å². The number of anilines is 1. The average molecular weight is 314 g/mol. The molecule has 0 spiro atoms. The number of hydrogen-bond acceptors (Lipinski definition) is 2. The molecule has 0 unspecified atom stereocenters. The SMILES string of the molecule is C[C@@H]1CCCC[C@H]1NC(=S)Nc1cccc2c(O)cccc12. The van der Waals surface area contributed by atoms with Crippen molar-refractivity contribution in [3.63, 3.8) is 0 Å². The lowest BCUT2D eigenvalue weighted by Gasteiger charge is -2.30. The molecule has 3 rings (SSSR count). The number of nitrogens with one attached hydrogen (secondary N) is 2. The van der Waals surface area contributed by atoms with Crippen molar-refractivity contribution >= 4 is 33.8 Å². The fourth-order valence-corrected chi connectivity index (χ4v) is 3.52. The topological polar surface area (TPSA) is 44.3 Å². The summed E-state index contributed by atoms with van der Waals surface area (Å²) < 4.78 is 0. The van der Waals surface area contributed by atoms with Gasteiger partial charge in [-0.3, -0.25) is 0 Å². The molecule has 4 heteroatoms. The van der Waals surface area contributed by atoms with Crippen LogP contribution < -0.4 is 10.6 Å². The minimum absolute atomic E-state index is 0.293. The molecule has 2 aromatic rings. The van der Waals surface area contributed by atoms with Gasteiger partial charge in [-0.1, -0.05) is 44.0 Å². The molecule has 2 aromatic carbocycles. The largest absolute Gasteiger partial charge is 0.507 e. The Morgan fingerprint density at radius 2 is 1.82 bits per heavy atom. The molecule has 1 aliphatic rings. The summed E-state index contributed by atoms with van der Waals surface area (Å²) in [4.78, 5) is 0. The summed E-state index contributed by atoms with van der Waals surface area (Å²) in [6.07, 6.45) is 5.04. The first-order chi connectivity index (χ1) is 10.6. The van der Waals surface area contributed by atoms with Crippen LogP contribution in [0.5, 0.6) is 5.75 Å². The van der Waals surface area contributed by atoms with E-state index in [9.17, 15) is 5.11 Å². The second-order valence-corrected chi connectivity index (χ2v) is 6.55. The lowest BCUT2D eigenvalue weighted by molar-refractivity contribution is 0.309. The van der Waals surface area contributed by atoms with Crippen molar-refractivity contribution in [2.45, 2.75) is 38.6 Å². The number of thiocarbonyl (C=S) groups is 1. The van der Waals surface area contributed by atoms with Crippen LogP contribution in [0, 0.1) is 5.92 Å². The highest BCUT2D eigenvalue weighted by Gasteiger charge is 2.21. The first kappa shape index (κ1) is 15.1. The molecule has 1 fully saturated rings. The Balaban J connectivity index is 1.75. The molecule has 0 bridgehead atoms. The third kappa shape index (κ3) is 3.17. The van der Waals surface area contributed by atoms with Gasteiger partial charge in [-0.25, -0.2) is 0 Å². The van der Waals surface area contributed by atoms with Crippen LogP contribution in [0.4, 0.5) is 5.69 Å². The molecule has 0 heterocycles. The number of fused-ring (bicyclic) bond motifs is 1. The number of benzene rings is 2. The lowest BCUT2D eigenvalue weighted by Crippen LogP contribution is -2.43. The minimum Gasteiger partial charge on any atom is -0.507 e. The molecule has 3 N–H and O–H groups in total. The molecule has 0 aliphatic heterocycles. The zero-order valence-electron chi connectivity index (χ0n) is 12.8. The van der Waals surface area contributed by atoms with Crippen molar-refractivity contribution in [2.24, 2.45) is 5.92 Å². The van der Waals surface area contributed by atoms with Gasteiger partial charge in [-0.05, 0) is 43.1 Å². The summed E-state index contributed by atoms with van der Waals surface area (Å²) in [5.41, 5.74) is 0.925. The van der Waals surface area contributed by atoms with Crippen LogP contribution >= 0.6 is 12.2 Å². The van der Waals surface area contributed by atoms with Crippen molar-refractivity contribution in [2.75, 3.05) is 5.32 Å². The highest BCUT2D eigenvalue weighted by Crippen LogP contribution is 2.30. The van der Waals surface area contributed by atoms with Crippen LogP contribution in [0.1, 0.15) is 32.6 Å². The van der Waals surface area contributed by atoms with Gasteiger partial charge in [0.2, 0.25) is 0 Å². The highest BCUT2D eigenvalue weighted by atomic mass is 32.1. The van der Waals surface area contributed by atoms with Gasteiger partial charge in [-0.2, -0.15) is 0 Å². The highest BCUT2D eigenvalue weighted by molar-refractivity contribution is 7.80. The molecular weight excluding hydrogens is 292 g/mol. The van der Waals surface area contributed by atoms with E-state index in [1.165, 1.54) is 25.7 Å². The summed E-state index contributed by atoms with van der Waals surface area (Å²) in [5.74, 6) is 0.950. The summed E-state index contributed by atoms with van der Waals surface area (Å²) in [6, 6.07) is 11.8. The molecular formula is C18H22N2OS. The van der Waals surface area contributed by atoms with Gasteiger partial charge >= 0.3 is 0 Å². The number of aromatic hydroxyl groups is 1. The Morgan fingerprint density at radius 1 is 1.09 bits per heavy atom. The number of rotatable bonds is 2. The summed E-state index contributed by atoms with van der Waals surface area (Å²) in [5, 5.41) is 19.2. The van der Waals surface area contributed by atoms with E-state index >= 15 is 0 Å². The van der Waals surface area contributed by atoms with Crippen LogP contribution in [0.15, 0.2) is 36.4 Å². The Bertz CT molecular complexity index is 686. The maximum absolute atomic E-state index is 9.95. The van der Waals surface area contributed by atoms with Gasteiger partial charge in [-0.15, -0.1) is 0 Å². The predicted octanol–water partition coefficient (Wildman–Crippen LogP) is 4.41. The number of phenols is 1. The van der Waals surface area contributed by atoms with Crippen LogP contribution in [-0.4, -0.2) is 16.3 Å². The van der Waals surface area contributed by atoms with E-state index in [2.05, 4.69) is 17.6 Å². The standard InChI is InChI=1S/C18H22N2OS/c1-12-6-2-3-9-15(12)19-18(22)20-16-10-4-8-14-13(16)7-5-11-17(14)21/h4-5,7-8,10-12,15,21H,2-3,6,9H2,1H3,(H2,19,20,22)/t12-,15-/m1/s1. The maximum Gasteiger partial charge on any atom is 0.171 e. The lowest BCUT2D eigenvalue weighted by atomic mass is 9.86. The van der Waals surface area contributed by atoms with Crippen LogP contribution in [0.2, 0.25) is 0 Å². The van der Waals surface area contributed by atoms with Crippen molar-refractivity contribution in [3.8, 4) is 5.75 Å². The molecule has 3 nitrogen and oxygen atoms in total. The van der Waals surface area contributed by atoms with E-state index in [-0.39, 0.29) is 0 Å². The van der Waals surface area contributed by atoms with Gasteiger partial charge in [0, 0.05) is 22.5 Å². The second-order valence-electron chi connectivity index (χ2n) is 6.14. The van der Waals surface area contributed by atoms with Crippen LogP contribution in [-0.2, 0) is 0 Å². The first-order valence-corrected chi connectivity index (χ1v) is 8.34. The molecule has 0 aromatic heterocycles. The van der Waals surface area contributed by atoms with E-state index in [4.69, 9.17) is 12.2 Å². The molecule has 0 amide bonds. The van der Waals surface area contributed by atoms with E-state index in [0.717, 1.165) is 16.5 Å². The van der Waals surface area contributed by atoms with Gasteiger partial charge < -0.3 is 15.7 Å². The average Bonchev–Trinajstić information content (AvgIpc) is 2.51. The van der Waals surface area contributed by atoms with Crippen molar-refractivity contribution in [1.82, 2.24) is 5.32 Å². The Labute approximate surface area is 136 Å². The normalized spacial score (nSPS) is 21.5. The molecule has 116 valence electrons. The molecule has 0 saturated heterocycles. The second kappa shape index (κ2) is 6.53. The summed E-state index contributed by atoms with van der Waals surface area (Å²) in [7, 11) is 0. The minimum atomic E-state index is 0.293. The van der Waals surface area contributed by atoms with Gasteiger partial charge in [0.25, 0.3) is 0 Å². The van der Waals surface area contributed by atoms with E-state index in [1.807, 2.05) is 30.3 Å². The molecule has 0 radical (unpaired) electrons. The van der Waals surface area contributed by atoms with Crippen LogP contribution in [0.25, 0.3) is 10.8 Å². The fraction of sp³-hybridized carbons (Fsp3) is 0.389. The maximum atomic E-state index is 9.95. The van der Waals surface area contributed by atoms with E-state index in [1.54, 1.807) is 6.07 Å². The smallest absolute Gasteiger partial charge is 0.171 e. The zero-order valence-corrected chi connectivity index (χ0v) is 13.6. The fourth-order valence-electron chi connectivity index (χ4n) is 3.26. The summed E-state index contributed by atoms with van der Waals surface area (Å²) >= 11 is 5.48. The molecule has 1 aliphatic carbocycles. The Morgan fingerprint density at radius 3 is 2.64 bits per heavy atom. The molecule has 2 atom stereocenters. The van der Waals surface area contributed by atoms with Gasteiger partial charge in [0.15, 0.2) is 5.11 Å². The van der Waals surface area contributed by atoms with Gasteiger partial charge in [0.05, 0.1) is 0 Å². The quantitative estimate of drug-likeness (QED) is 0.718.